The Balaban J connectivity index is 1.42. The van der Waals surface area contributed by atoms with Gasteiger partial charge in [0.25, 0.3) is 0 Å². The number of hydrogen-bond donors (Lipinski definition) is 1. The molecule has 0 radical (unpaired) electrons. The Morgan fingerprint density at radius 2 is 2.23 bits per heavy atom. The Bertz CT molecular complexity index is 474. The van der Waals surface area contributed by atoms with Crippen LogP contribution >= 0.6 is 23.1 Å². The molecule has 0 spiro atoms. The second-order valence-corrected chi connectivity index (χ2v) is 8.28. The quantitative estimate of drug-likeness (QED) is 0.915. The van der Waals surface area contributed by atoms with Crippen LogP contribution in [-0.4, -0.2) is 59.1 Å². The Hall–Kier alpha value is -0.950. The van der Waals surface area contributed by atoms with E-state index in [4.69, 9.17) is 0 Å². The number of nitrogens with one attached hydrogen (secondary N) is 1. The predicted octanol–water partition coefficient (Wildman–Crippen LogP) is 2.65. The fourth-order valence-corrected chi connectivity index (χ4v) is 5.04. The topological polar surface area (TPSA) is 48.5 Å². The molecular weight excluding hydrogens is 316 g/mol. The first-order chi connectivity index (χ1) is 10.8. The maximum absolute atomic E-state index is 12.4. The van der Waals surface area contributed by atoms with E-state index in [1.807, 2.05) is 28.2 Å². The molecule has 0 unspecified atom stereocenters. The fourth-order valence-electron chi connectivity index (χ4n) is 3.20. The van der Waals surface area contributed by atoms with Crippen molar-refractivity contribution < 1.29 is 4.79 Å². The third kappa shape index (κ3) is 3.87. The number of thiazole rings is 1. The molecule has 22 heavy (non-hydrogen) atoms. The third-order valence-electron chi connectivity index (χ3n) is 4.37. The number of aromatic nitrogens is 1. The van der Waals surface area contributed by atoms with Gasteiger partial charge in [-0.15, -0.1) is 11.3 Å². The number of thioether (sulfide) groups is 1. The molecule has 1 saturated heterocycles. The van der Waals surface area contributed by atoms with Crippen LogP contribution < -0.4 is 10.2 Å². The van der Waals surface area contributed by atoms with Gasteiger partial charge in [-0.2, -0.15) is 11.8 Å². The fraction of sp³-hybridized carbons (Fsp3) is 0.733. The van der Waals surface area contributed by atoms with Crippen molar-refractivity contribution in [1.82, 2.24) is 15.2 Å². The van der Waals surface area contributed by atoms with Gasteiger partial charge in [-0.25, -0.2) is 9.78 Å². The molecule has 2 fully saturated rings. The van der Waals surface area contributed by atoms with Crippen LogP contribution in [0.5, 0.6) is 0 Å². The van der Waals surface area contributed by atoms with E-state index in [1.165, 1.54) is 12.2 Å². The summed E-state index contributed by atoms with van der Waals surface area (Å²) in [6.07, 6.45) is 5.33. The summed E-state index contributed by atoms with van der Waals surface area (Å²) in [5.41, 5.74) is 0. The van der Waals surface area contributed by atoms with Crippen molar-refractivity contribution in [2.45, 2.75) is 37.5 Å². The largest absolute Gasteiger partial charge is 0.345 e. The van der Waals surface area contributed by atoms with Crippen molar-refractivity contribution in [1.29, 1.82) is 0 Å². The zero-order valence-corrected chi connectivity index (χ0v) is 14.7. The Labute approximate surface area is 140 Å². The first-order valence-corrected chi connectivity index (χ1v) is 10.0. The van der Waals surface area contributed by atoms with E-state index in [1.54, 1.807) is 11.3 Å². The van der Waals surface area contributed by atoms with Crippen LogP contribution in [0.4, 0.5) is 9.93 Å². The molecule has 1 aromatic heterocycles. The molecule has 1 saturated carbocycles. The lowest BCUT2D eigenvalue weighted by molar-refractivity contribution is 0.190. The van der Waals surface area contributed by atoms with Gasteiger partial charge in [0.15, 0.2) is 5.13 Å². The summed E-state index contributed by atoms with van der Waals surface area (Å²) >= 11 is 3.69. The van der Waals surface area contributed by atoms with Crippen LogP contribution in [0.15, 0.2) is 11.6 Å². The van der Waals surface area contributed by atoms with E-state index in [9.17, 15) is 4.79 Å². The highest BCUT2D eigenvalue weighted by molar-refractivity contribution is 7.99. The van der Waals surface area contributed by atoms with Gasteiger partial charge in [-0.3, -0.25) is 0 Å². The van der Waals surface area contributed by atoms with E-state index in [-0.39, 0.29) is 6.03 Å². The normalized spacial score (nSPS) is 25.5. The molecule has 1 aliphatic carbocycles. The highest BCUT2D eigenvalue weighted by Gasteiger charge is 2.28. The van der Waals surface area contributed by atoms with Gasteiger partial charge in [0, 0.05) is 49.0 Å². The van der Waals surface area contributed by atoms with Gasteiger partial charge in [0.1, 0.15) is 0 Å². The summed E-state index contributed by atoms with van der Waals surface area (Å²) in [4.78, 5) is 20.9. The Morgan fingerprint density at radius 1 is 1.41 bits per heavy atom. The number of piperazine rings is 1. The minimum atomic E-state index is 0.117. The summed E-state index contributed by atoms with van der Waals surface area (Å²) in [6.45, 7) is 5.52. The van der Waals surface area contributed by atoms with Crippen molar-refractivity contribution in [2.75, 3.05) is 36.8 Å². The molecule has 1 N–H and O–H groups in total. The number of amides is 2. The number of carbonyl (C=O) groups excluding carboxylic acids is 1. The summed E-state index contributed by atoms with van der Waals surface area (Å²) in [6, 6.07) is 0.486. The maximum Gasteiger partial charge on any atom is 0.317 e. The molecule has 0 bridgehead atoms. The van der Waals surface area contributed by atoms with Gasteiger partial charge in [-0.05, 0) is 25.0 Å². The van der Waals surface area contributed by atoms with Gasteiger partial charge in [0.2, 0.25) is 0 Å². The molecule has 122 valence electrons. The minimum absolute atomic E-state index is 0.117. The van der Waals surface area contributed by atoms with E-state index < -0.39 is 0 Å². The van der Waals surface area contributed by atoms with Crippen LogP contribution in [-0.2, 0) is 0 Å². The van der Waals surface area contributed by atoms with Gasteiger partial charge in [0.05, 0.1) is 0 Å². The predicted molar refractivity (Wildman–Crippen MR) is 94.0 cm³/mol. The highest BCUT2D eigenvalue weighted by Crippen LogP contribution is 2.29. The van der Waals surface area contributed by atoms with E-state index >= 15 is 0 Å². The number of nitrogens with zero attached hydrogens (tertiary/aromatic N) is 3. The number of anilines is 1. The first kappa shape index (κ1) is 15.9. The number of hydrogen-bond acceptors (Lipinski definition) is 5. The molecule has 7 heteroatoms. The van der Waals surface area contributed by atoms with Crippen molar-refractivity contribution in [3.05, 3.63) is 11.6 Å². The monoisotopic (exact) mass is 340 g/mol. The van der Waals surface area contributed by atoms with Gasteiger partial charge >= 0.3 is 6.03 Å². The van der Waals surface area contributed by atoms with Gasteiger partial charge < -0.3 is 15.1 Å². The average Bonchev–Trinajstić information content (AvgIpc) is 3.20. The molecule has 2 atom stereocenters. The zero-order valence-electron chi connectivity index (χ0n) is 13.0. The smallest absolute Gasteiger partial charge is 0.317 e. The summed E-state index contributed by atoms with van der Waals surface area (Å²) < 4.78 is 0. The van der Waals surface area contributed by atoms with E-state index in [0.717, 1.165) is 49.4 Å². The van der Waals surface area contributed by atoms with Crippen LogP contribution in [0.2, 0.25) is 0 Å². The third-order valence-corrected chi connectivity index (χ3v) is 6.44. The average molecular weight is 341 g/mol. The lowest BCUT2D eigenvalue weighted by Gasteiger charge is -2.35. The number of rotatable bonds is 4. The first-order valence-electron chi connectivity index (χ1n) is 8.07. The van der Waals surface area contributed by atoms with Crippen molar-refractivity contribution >= 4 is 34.3 Å². The highest BCUT2D eigenvalue weighted by atomic mass is 32.2. The summed E-state index contributed by atoms with van der Waals surface area (Å²) in [5.74, 6) is 1.17. The summed E-state index contributed by atoms with van der Waals surface area (Å²) in [5, 5.41) is 7.03. The molecule has 2 amide bonds. The number of urea groups is 1. The summed E-state index contributed by atoms with van der Waals surface area (Å²) in [7, 11) is 0. The SMILES string of the molecule is CCS[C@H]1CC[C@@H](NC(=O)N2CCN(c3nccs3)CC2)C1. The second kappa shape index (κ2) is 7.55. The zero-order chi connectivity index (χ0) is 15.4. The minimum Gasteiger partial charge on any atom is -0.345 e. The lowest BCUT2D eigenvalue weighted by atomic mass is 10.2. The lowest BCUT2D eigenvalue weighted by Crippen LogP contribution is -2.53. The molecule has 5 nitrogen and oxygen atoms in total. The van der Waals surface area contributed by atoms with Crippen LogP contribution in [0, 0.1) is 0 Å². The maximum atomic E-state index is 12.4. The molecule has 0 aromatic carbocycles. The van der Waals surface area contributed by atoms with Crippen molar-refractivity contribution in [2.24, 2.45) is 0 Å². The second-order valence-electron chi connectivity index (χ2n) is 5.83. The molecular formula is C15H24N4OS2. The van der Waals surface area contributed by atoms with Crippen molar-refractivity contribution in [3.63, 3.8) is 0 Å². The molecule has 2 heterocycles. The van der Waals surface area contributed by atoms with Gasteiger partial charge in [-0.1, -0.05) is 6.92 Å². The van der Waals surface area contributed by atoms with Crippen molar-refractivity contribution in [3.8, 4) is 0 Å². The molecule has 2 aliphatic rings. The van der Waals surface area contributed by atoms with Crippen LogP contribution in [0.1, 0.15) is 26.2 Å². The van der Waals surface area contributed by atoms with Crippen LogP contribution in [0.25, 0.3) is 0 Å². The standard InChI is InChI=1S/C15H24N4OS2/c1-2-21-13-4-3-12(11-13)17-14(20)18-6-8-19(9-7-18)15-16-5-10-22-15/h5,10,12-13H,2-4,6-9,11H2,1H3,(H,17,20)/t12-,13+/m1/s1. The molecule has 1 aliphatic heterocycles. The van der Waals surface area contributed by atoms with Crippen LogP contribution in [0.3, 0.4) is 0 Å². The number of carbonyl (C=O) groups is 1. The Kier molecular flexibility index (Phi) is 5.46. The van der Waals surface area contributed by atoms with E-state index in [2.05, 4.69) is 22.1 Å². The Morgan fingerprint density at radius 3 is 2.91 bits per heavy atom. The van der Waals surface area contributed by atoms with E-state index in [0.29, 0.717) is 6.04 Å². The molecule has 3 rings (SSSR count). The molecule has 1 aromatic rings.